The van der Waals surface area contributed by atoms with E-state index in [-0.39, 0.29) is 24.0 Å². The van der Waals surface area contributed by atoms with E-state index in [1.54, 1.807) is 0 Å². The second-order valence-corrected chi connectivity index (χ2v) is 5.66. The first kappa shape index (κ1) is 19.2. The topological polar surface area (TPSA) is 62.9 Å². The lowest BCUT2D eigenvalue weighted by molar-refractivity contribution is 0.0341. The lowest BCUT2D eigenvalue weighted by Gasteiger charge is -2.27. The van der Waals surface area contributed by atoms with Crippen LogP contribution in [0.4, 0.5) is 0 Å². The predicted molar refractivity (Wildman–Crippen MR) is 102 cm³/mol. The first-order valence-electron chi connectivity index (χ1n) is 7.58. The predicted octanol–water partition coefficient (Wildman–Crippen LogP) is 1.95. The summed E-state index contributed by atoms with van der Waals surface area (Å²) in [4.78, 5) is 6.85. The molecule has 0 saturated carbocycles. The summed E-state index contributed by atoms with van der Waals surface area (Å²) >= 11 is 0. The lowest BCUT2D eigenvalue weighted by Crippen LogP contribution is -2.37. The molecular weight excluding hydrogens is 391 g/mol. The molecule has 0 radical (unpaired) electrons. The zero-order valence-corrected chi connectivity index (χ0v) is 15.7. The van der Waals surface area contributed by atoms with Gasteiger partial charge in [-0.25, -0.2) is 4.99 Å². The first-order valence-corrected chi connectivity index (χ1v) is 7.58. The molecule has 1 aromatic rings. The van der Waals surface area contributed by atoms with Gasteiger partial charge < -0.3 is 15.8 Å². The van der Waals surface area contributed by atoms with Gasteiger partial charge in [-0.2, -0.15) is 0 Å². The van der Waals surface area contributed by atoms with Crippen molar-refractivity contribution in [3.63, 3.8) is 0 Å². The van der Waals surface area contributed by atoms with Crippen molar-refractivity contribution in [3.8, 4) is 0 Å². The van der Waals surface area contributed by atoms with Crippen LogP contribution in [-0.4, -0.2) is 43.2 Å². The molecule has 0 aliphatic carbocycles. The van der Waals surface area contributed by atoms with Gasteiger partial charge in [0.2, 0.25) is 0 Å². The van der Waals surface area contributed by atoms with Gasteiger partial charge in [0.1, 0.15) is 0 Å². The molecule has 3 N–H and O–H groups in total. The van der Waals surface area contributed by atoms with Gasteiger partial charge in [-0.15, -0.1) is 24.0 Å². The number of nitrogens with one attached hydrogen (secondary N) is 1. The van der Waals surface area contributed by atoms with Crippen molar-refractivity contribution >= 4 is 29.9 Å². The molecule has 5 nitrogen and oxygen atoms in total. The van der Waals surface area contributed by atoms with Gasteiger partial charge in [0.05, 0.1) is 19.8 Å². The zero-order chi connectivity index (χ0) is 15.1. The summed E-state index contributed by atoms with van der Waals surface area (Å²) < 4.78 is 5.40. The maximum atomic E-state index is 5.87. The summed E-state index contributed by atoms with van der Waals surface area (Å²) in [5.41, 5.74) is 8.42. The summed E-state index contributed by atoms with van der Waals surface area (Å²) in [6, 6.07) is 8.74. The number of ether oxygens (including phenoxy) is 1. The number of nitrogens with zero attached hydrogens (tertiary/aromatic N) is 2. The smallest absolute Gasteiger partial charge is 0.189 e. The van der Waals surface area contributed by atoms with E-state index in [0.717, 1.165) is 32.8 Å². The average Bonchev–Trinajstić information content (AvgIpc) is 2.47. The molecule has 0 atom stereocenters. The zero-order valence-electron chi connectivity index (χ0n) is 13.4. The van der Waals surface area contributed by atoms with Crippen molar-refractivity contribution in [2.45, 2.75) is 33.0 Å². The van der Waals surface area contributed by atoms with Crippen LogP contribution in [0.2, 0.25) is 0 Å². The molecule has 0 amide bonds. The standard InChI is InChI=1S/C16H26N4O.HI/c1-13(2)19-16(17)18-11-14-5-3-4-6-15(14)12-20-7-9-21-10-8-20;/h3-6,13H,7-12H2,1-2H3,(H3,17,18,19);1H. The molecule has 1 aliphatic heterocycles. The molecule has 0 aromatic heterocycles. The molecule has 0 bridgehead atoms. The van der Waals surface area contributed by atoms with Crippen LogP contribution in [0.1, 0.15) is 25.0 Å². The number of hydrogen-bond acceptors (Lipinski definition) is 3. The van der Waals surface area contributed by atoms with Crippen LogP contribution in [0.5, 0.6) is 0 Å². The molecular formula is C16H27IN4O. The highest BCUT2D eigenvalue weighted by molar-refractivity contribution is 14.0. The fraction of sp³-hybridized carbons (Fsp3) is 0.562. The Morgan fingerprint density at radius 1 is 1.27 bits per heavy atom. The van der Waals surface area contributed by atoms with Gasteiger partial charge >= 0.3 is 0 Å². The molecule has 1 aromatic carbocycles. The average molecular weight is 418 g/mol. The third kappa shape index (κ3) is 6.50. The second kappa shape index (κ2) is 10.0. The SMILES string of the molecule is CC(C)NC(N)=NCc1ccccc1CN1CCOCC1.I. The summed E-state index contributed by atoms with van der Waals surface area (Å²) in [5, 5.41) is 3.11. The monoisotopic (exact) mass is 418 g/mol. The Kier molecular flexibility index (Phi) is 8.74. The molecule has 1 aliphatic rings. The van der Waals surface area contributed by atoms with Crippen molar-refractivity contribution in [3.05, 3.63) is 35.4 Å². The van der Waals surface area contributed by atoms with Crippen molar-refractivity contribution in [1.82, 2.24) is 10.2 Å². The molecule has 6 heteroatoms. The number of morpholine rings is 1. The van der Waals surface area contributed by atoms with E-state index in [0.29, 0.717) is 18.5 Å². The quantitative estimate of drug-likeness (QED) is 0.436. The number of benzene rings is 1. The lowest BCUT2D eigenvalue weighted by atomic mass is 10.1. The highest BCUT2D eigenvalue weighted by atomic mass is 127. The number of hydrogen-bond donors (Lipinski definition) is 2. The van der Waals surface area contributed by atoms with Crippen molar-refractivity contribution < 1.29 is 4.74 Å². The van der Waals surface area contributed by atoms with Crippen LogP contribution in [0, 0.1) is 0 Å². The molecule has 1 fully saturated rings. The van der Waals surface area contributed by atoms with E-state index in [2.05, 4.69) is 53.3 Å². The highest BCUT2D eigenvalue weighted by Crippen LogP contribution is 2.14. The Balaban J connectivity index is 0.00000242. The van der Waals surface area contributed by atoms with Crippen LogP contribution in [0.25, 0.3) is 0 Å². The summed E-state index contributed by atoms with van der Waals surface area (Å²) in [6.45, 7) is 9.31. The van der Waals surface area contributed by atoms with Crippen LogP contribution >= 0.6 is 24.0 Å². The van der Waals surface area contributed by atoms with E-state index >= 15 is 0 Å². The summed E-state index contributed by atoms with van der Waals surface area (Å²) in [5.74, 6) is 0.506. The van der Waals surface area contributed by atoms with Gasteiger partial charge in [-0.05, 0) is 25.0 Å². The van der Waals surface area contributed by atoms with Crippen molar-refractivity contribution in [2.75, 3.05) is 26.3 Å². The van der Waals surface area contributed by atoms with Crippen molar-refractivity contribution in [1.29, 1.82) is 0 Å². The molecule has 0 unspecified atom stereocenters. The van der Waals surface area contributed by atoms with Crippen molar-refractivity contribution in [2.24, 2.45) is 10.7 Å². The largest absolute Gasteiger partial charge is 0.379 e. The molecule has 124 valence electrons. The summed E-state index contributed by atoms with van der Waals surface area (Å²) in [7, 11) is 0. The van der Waals surface area contributed by atoms with Gasteiger partial charge in [-0.1, -0.05) is 24.3 Å². The van der Waals surface area contributed by atoms with E-state index in [9.17, 15) is 0 Å². The Labute approximate surface area is 150 Å². The molecule has 2 rings (SSSR count). The number of guanidine groups is 1. The minimum absolute atomic E-state index is 0. The molecule has 0 spiro atoms. The van der Waals surface area contributed by atoms with E-state index in [4.69, 9.17) is 10.5 Å². The Morgan fingerprint density at radius 2 is 1.91 bits per heavy atom. The van der Waals surface area contributed by atoms with Gasteiger partial charge in [-0.3, -0.25) is 4.90 Å². The number of rotatable bonds is 5. The minimum Gasteiger partial charge on any atom is -0.379 e. The van der Waals surface area contributed by atoms with Gasteiger partial charge in [0, 0.05) is 25.7 Å². The summed E-state index contributed by atoms with van der Waals surface area (Å²) in [6.07, 6.45) is 0. The van der Waals surface area contributed by atoms with E-state index in [1.165, 1.54) is 11.1 Å². The minimum atomic E-state index is 0. The van der Waals surface area contributed by atoms with Crippen LogP contribution in [0.15, 0.2) is 29.3 Å². The number of halogens is 1. The Bertz CT molecular complexity index is 473. The highest BCUT2D eigenvalue weighted by Gasteiger charge is 2.12. The normalized spacial score (nSPS) is 16.4. The maximum absolute atomic E-state index is 5.87. The third-order valence-electron chi connectivity index (χ3n) is 3.47. The first-order chi connectivity index (χ1) is 10.1. The van der Waals surface area contributed by atoms with Crippen LogP contribution < -0.4 is 11.1 Å². The van der Waals surface area contributed by atoms with E-state index < -0.39 is 0 Å². The van der Waals surface area contributed by atoms with E-state index in [1.807, 2.05) is 0 Å². The third-order valence-corrected chi connectivity index (χ3v) is 3.47. The molecule has 1 saturated heterocycles. The van der Waals surface area contributed by atoms with Gasteiger partial charge in [0.15, 0.2) is 5.96 Å². The fourth-order valence-corrected chi connectivity index (χ4v) is 2.38. The van der Waals surface area contributed by atoms with Gasteiger partial charge in [0.25, 0.3) is 0 Å². The Hall–Kier alpha value is -0.860. The molecule has 22 heavy (non-hydrogen) atoms. The van der Waals surface area contributed by atoms with Crippen LogP contribution in [-0.2, 0) is 17.8 Å². The number of aliphatic imine (C=N–C) groups is 1. The Morgan fingerprint density at radius 3 is 2.55 bits per heavy atom. The molecule has 1 heterocycles. The second-order valence-electron chi connectivity index (χ2n) is 5.66. The fourth-order valence-electron chi connectivity index (χ4n) is 2.38. The van der Waals surface area contributed by atoms with Crippen LogP contribution in [0.3, 0.4) is 0 Å². The number of nitrogens with two attached hydrogens (primary N) is 1. The maximum Gasteiger partial charge on any atom is 0.189 e.